The Hall–Kier alpha value is -6.64. The SMILES string of the molecule is CC1(C)c2ccccc2-c2ccc(N(c3ccc(-c4ccccc4)cc3)c3ccc(N4c5ccccc5C5=Cc6cccc7c6C(C6C=CC=CC6C7(C)C)C54)cc3)cc21. The molecule has 12 rings (SSSR count). The van der Waals surface area contributed by atoms with Crippen molar-refractivity contribution in [2.75, 3.05) is 9.80 Å². The number of hydrogen-bond donors (Lipinski definition) is 0. The van der Waals surface area contributed by atoms with E-state index in [0.717, 1.165) is 17.1 Å². The molecular weight excluding hydrogens is 725 g/mol. The molecule has 0 amide bonds. The zero-order valence-electron chi connectivity index (χ0n) is 34.7. The van der Waals surface area contributed by atoms with Crippen LogP contribution in [0.2, 0.25) is 0 Å². The molecule has 7 aromatic carbocycles. The van der Waals surface area contributed by atoms with Crippen molar-refractivity contribution in [2.24, 2.45) is 11.8 Å². The van der Waals surface area contributed by atoms with Gasteiger partial charge in [0.15, 0.2) is 0 Å². The fourth-order valence-electron chi connectivity index (χ4n) is 11.9. The summed E-state index contributed by atoms with van der Waals surface area (Å²) in [6.07, 6.45) is 12.1. The zero-order chi connectivity index (χ0) is 40.3. The van der Waals surface area contributed by atoms with Crippen LogP contribution >= 0.6 is 0 Å². The molecule has 0 saturated carbocycles. The van der Waals surface area contributed by atoms with Crippen LogP contribution in [0.25, 0.3) is 33.9 Å². The van der Waals surface area contributed by atoms with E-state index in [4.69, 9.17) is 0 Å². The molecule has 4 atom stereocenters. The molecule has 7 aromatic rings. The summed E-state index contributed by atoms with van der Waals surface area (Å²) in [5.74, 6) is 1.14. The molecule has 0 bridgehead atoms. The minimum Gasteiger partial charge on any atom is -0.333 e. The number of rotatable bonds is 5. The summed E-state index contributed by atoms with van der Waals surface area (Å²) in [6, 6.07) is 61.5. The number of benzene rings is 7. The topological polar surface area (TPSA) is 6.48 Å². The third-order valence-corrected chi connectivity index (χ3v) is 14.8. The highest BCUT2D eigenvalue weighted by Gasteiger charge is 2.54. The number of para-hydroxylation sites is 1. The molecule has 0 fully saturated rings. The highest BCUT2D eigenvalue weighted by Crippen LogP contribution is 2.62. The number of hydrogen-bond acceptors (Lipinski definition) is 2. The van der Waals surface area contributed by atoms with Gasteiger partial charge >= 0.3 is 0 Å². The van der Waals surface area contributed by atoms with Gasteiger partial charge in [-0.3, -0.25) is 0 Å². The summed E-state index contributed by atoms with van der Waals surface area (Å²) in [5, 5.41) is 0. The molecule has 4 unspecified atom stereocenters. The Balaban J connectivity index is 0.988. The van der Waals surface area contributed by atoms with Gasteiger partial charge in [0.2, 0.25) is 0 Å². The molecule has 0 aromatic heterocycles. The maximum absolute atomic E-state index is 2.67. The zero-order valence-corrected chi connectivity index (χ0v) is 34.7. The van der Waals surface area contributed by atoms with E-state index in [0.29, 0.717) is 17.8 Å². The molecule has 4 aliphatic carbocycles. The van der Waals surface area contributed by atoms with E-state index < -0.39 is 0 Å². The van der Waals surface area contributed by atoms with Gasteiger partial charge in [-0.15, -0.1) is 0 Å². The Labute approximate surface area is 354 Å². The Kier molecular flexibility index (Phi) is 7.61. The quantitative estimate of drug-likeness (QED) is 0.172. The molecule has 1 aliphatic heterocycles. The fourth-order valence-corrected chi connectivity index (χ4v) is 11.9. The average molecular weight is 773 g/mol. The lowest BCUT2D eigenvalue weighted by Gasteiger charge is -2.53. The first-order chi connectivity index (χ1) is 29.3. The first-order valence-electron chi connectivity index (χ1n) is 21.7. The predicted molar refractivity (Wildman–Crippen MR) is 252 cm³/mol. The van der Waals surface area contributed by atoms with Gasteiger partial charge in [0.25, 0.3) is 0 Å². The first kappa shape index (κ1) is 35.3. The van der Waals surface area contributed by atoms with E-state index in [1.54, 1.807) is 5.56 Å². The summed E-state index contributed by atoms with van der Waals surface area (Å²) in [5.41, 5.74) is 21.0. The minimum absolute atomic E-state index is 0.0371. The largest absolute Gasteiger partial charge is 0.333 e. The highest BCUT2D eigenvalue weighted by molar-refractivity contribution is 6.01. The maximum Gasteiger partial charge on any atom is 0.0673 e. The minimum atomic E-state index is -0.0991. The number of fused-ring (bicyclic) bond motifs is 9. The van der Waals surface area contributed by atoms with Gasteiger partial charge in [-0.25, -0.2) is 0 Å². The van der Waals surface area contributed by atoms with Gasteiger partial charge in [-0.1, -0.05) is 161 Å². The van der Waals surface area contributed by atoms with Crippen molar-refractivity contribution >= 4 is 40.1 Å². The van der Waals surface area contributed by atoms with Crippen LogP contribution in [0.15, 0.2) is 188 Å². The summed E-state index contributed by atoms with van der Waals surface area (Å²) in [7, 11) is 0. The Morgan fingerprint density at radius 2 is 1.15 bits per heavy atom. The third-order valence-electron chi connectivity index (χ3n) is 14.8. The fraction of sp³-hybridized carbons (Fsp3) is 0.172. The van der Waals surface area contributed by atoms with Gasteiger partial charge in [0.1, 0.15) is 0 Å². The van der Waals surface area contributed by atoms with Crippen molar-refractivity contribution in [1.29, 1.82) is 0 Å². The second-order valence-electron chi connectivity index (χ2n) is 18.5. The van der Waals surface area contributed by atoms with Crippen LogP contribution < -0.4 is 9.80 Å². The van der Waals surface area contributed by atoms with Crippen LogP contribution in [0.3, 0.4) is 0 Å². The summed E-state index contributed by atoms with van der Waals surface area (Å²) in [4.78, 5) is 5.11. The maximum atomic E-state index is 2.67. The highest BCUT2D eigenvalue weighted by atomic mass is 15.2. The molecule has 0 N–H and O–H groups in total. The lowest BCUT2D eigenvalue weighted by Crippen LogP contribution is -2.49. The van der Waals surface area contributed by atoms with E-state index in [1.807, 2.05) is 0 Å². The Morgan fingerprint density at radius 1 is 0.517 bits per heavy atom. The average Bonchev–Trinajstić information content (AvgIpc) is 3.74. The molecule has 290 valence electrons. The van der Waals surface area contributed by atoms with Crippen molar-refractivity contribution in [3.8, 4) is 22.3 Å². The molecule has 0 radical (unpaired) electrons. The van der Waals surface area contributed by atoms with Crippen LogP contribution in [0.5, 0.6) is 0 Å². The Bertz CT molecular complexity index is 2940. The standard InChI is InChI=1S/C58H48N2/c1-57(2)50-22-12-9-20-47(50)55-54-39(17-14-23-51(54)57)35-48-46-19-10-13-24-53(46)60(56(48)55)42-31-29-41(30-32-42)59(40-27-25-38(26-28-40)37-15-6-5-7-16-37)43-33-34-45-44-18-8-11-21-49(44)58(3,4)52(45)36-43/h5-36,47,50,55-56H,1-4H3. The predicted octanol–water partition coefficient (Wildman–Crippen LogP) is 14.9. The second-order valence-corrected chi connectivity index (χ2v) is 18.5. The van der Waals surface area contributed by atoms with Crippen molar-refractivity contribution in [3.63, 3.8) is 0 Å². The van der Waals surface area contributed by atoms with Crippen molar-refractivity contribution in [2.45, 2.75) is 50.5 Å². The van der Waals surface area contributed by atoms with Gasteiger partial charge in [-0.05, 0) is 134 Å². The van der Waals surface area contributed by atoms with Gasteiger partial charge in [-0.2, -0.15) is 0 Å². The van der Waals surface area contributed by atoms with Gasteiger partial charge in [0, 0.05) is 45.3 Å². The lowest BCUT2D eigenvalue weighted by atomic mass is 9.53. The number of allylic oxidation sites excluding steroid dienone is 4. The van der Waals surface area contributed by atoms with E-state index >= 15 is 0 Å². The molecule has 0 spiro atoms. The molecule has 60 heavy (non-hydrogen) atoms. The van der Waals surface area contributed by atoms with Crippen LogP contribution in [-0.2, 0) is 10.8 Å². The summed E-state index contributed by atoms with van der Waals surface area (Å²) in [6.45, 7) is 9.66. The first-order valence-corrected chi connectivity index (χ1v) is 21.7. The van der Waals surface area contributed by atoms with Gasteiger partial charge in [0.05, 0.1) is 6.04 Å². The van der Waals surface area contributed by atoms with E-state index in [2.05, 4.69) is 232 Å². The molecule has 2 heteroatoms. The molecule has 2 nitrogen and oxygen atoms in total. The van der Waals surface area contributed by atoms with Crippen LogP contribution in [0.4, 0.5) is 28.4 Å². The smallest absolute Gasteiger partial charge is 0.0673 e. The van der Waals surface area contributed by atoms with E-state index in [1.165, 1.54) is 67.0 Å². The van der Waals surface area contributed by atoms with Crippen LogP contribution in [0, 0.1) is 11.8 Å². The Morgan fingerprint density at radius 3 is 1.95 bits per heavy atom. The second kappa shape index (κ2) is 12.9. The van der Waals surface area contributed by atoms with Crippen molar-refractivity contribution < 1.29 is 0 Å². The van der Waals surface area contributed by atoms with Crippen molar-refractivity contribution in [3.05, 3.63) is 221 Å². The number of anilines is 5. The monoisotopic (exact) mass is 772 g/mol. The summed E-state index contributed by atoms with van der Waals surface area (Å²) < 4.78 is 0. The molecular formula is C58H48N2. The lowest BCUT2D eigenvalue weighted by molar-refractivity contribution is 0.233. The van der Waals surface area contributed by atoms with E-state index in [9.17, 15) is 0 Å². The molecule has 5 aliphatic rings. The normalized spacial score (nSPS) is 21.5. The van der Waals surface area contributed by atoms with Gasteiger partial charge < -0.3 is 9.80 Å². The summed E-state index contributed by atoms with van der Waals surface area (Å²) >= 11 is 0. The molecule has 0 saturated heterocycles. The third kappa shape index (κ3) is 5.00. The number of nitrogens with zero attached hydrogens (tertiary/aromatic N) is 2. The van der Waals surface area contributed by atoms with Crippen molar-refractivity contribution in [1.82, 2.24) is 0 Å². The van der Waals surface area contributed by atoms with E-state index in [-0.39, 0.29) is 16.9 Å². The van der Waals surface area contributed by atoms with Crippen LogP contribution in [0.1, 0.15) is 67.0 Å². The molecule has 1 heterocycles. The van der Waals surface area contributed by atoms with Crippen LogP contribution in [-0.4, -0.2) is 6.04 Å².